The number of rotatable bonds is 8. The van der Waals surface area contributed by atoms with Crippen LogP contribution < -0.4 is 4.74 Å². The van der Waals surface area contributed by atoms with E-state index in [0.717, 1.165) is 28.4 Å². The van der Waals surface area contributed by atoms with E-state index in [4.69, 9.17) is 9.15 Å². The number of para-hydroxylation sites is 1. The van der Waals surface area contributed by atoms with Crippen molar-refractivity contribution in [2.75, 3.05) is 5.75 Å². The van der Waals surface area contributed by atoms with E-state index < -0.39 is 0 Å². The van der Waals surface area contributed by atoms with Crippen molar-refractivity contribution >= 4 is 17.5 Å². The van der Waals surface area contributed by atoms with Gasteiger partial charge in [0.05, 0.1) is 5.75 Å². The number of ether oxygens (including phenoxy) is 1. The van der Waals surface area contributed by atoms with Crippen molar-refractivity contribution in [2.45, 2.75) is 32.6 Å². The maximum atomic E-state index is 12.8. The van der Waals surface area contributed by atoms with E-state index in [0.29, 0.717) is 16.7 Å². The number of aryl methyl sites for hydroxylation is 2. The molecule has 31 heavy (non-hydrogen) atoms. The second-order valence-corrected chi connectivity index (χ2v) is 8.16. The lowest BCUT2D eigenvalue weighted by atomic mass is 10.2. The largest absolute Gasteiger partial charge is 0.484 e. The second kappa shape index (κ2) is 9.22. The lowest BCUT2D eigenvalue weighted by Crippen LogP contribution is -2.05. The number of hydrogen-bond donors (Lipinski definition) is 0. The van der Waals surface area contributed by atoms with Crippen LogP contribution in [0.5, 0.6) is 5.75 Å². The number of carbonyl (C=O) groups excluding carboxylic acids is 1. The zero-order valence-electron chi connectivity index (χ0n) is 17.7. The van der Waals surface area contributed by atoms with Crippen molar-refractivity contribution in [1.82, 2.24) is 14.8 Å². The maximum absolute atomic E-state index is 12.8. The molecule has 2 aromatic heterocycles. The summed E-state index contributed by atoms with van der Waals surface area (Å²) in [7, 11) is 0. The van der Waals surface area contributed by atoms with Gasteiger partial charge in [-0.1, -0.05) is 42.1 Å². The van der Waals surface area contributed by atoms with Gasteiger partial charge in [0.2, 0.25) is 0 Å². The molecule has 0 aliphatic heterocycles. The molecule has 2 heterocycles. The average Bonchev–Trinajstić information content (AvgIpc) is 3.35. The first-order valence-electron chi connectivity index (χ1n) is 9.93. The molecule has 0 aliphatic rings. The predicted octanol–water partition coefficient (Wildman–Crippen LogP) is 5.34. The van der Waals surface area contributed by atoms with Crippen LogP contribution in [0.2, 0.25) is 0 Å². The van der Waals surface area contributed by atoms with Gasteiger partial charge in [0.25, 0.3) is 11.1 Å². The molecule has 0 saturated carbocycles. The quantitative estimate of drug-likeness (QED) is 0.276. The Kier molecular flexibility index (Phi) is 6.23. The van der Waals surface area contributed by atoms with Gasteiger partial charge in [0, 0.05) is 22.6 Å². The minimum Gasteiger partial charge on any atom is -0.484 e. The summed E-state index contributed by atoms with van der Waals surface area (Å²) in [5, 5.41) is 8.37. The summed E-state index contributed by atoms with van der Waals surface area (Å²) in [5.74, 6) is 1.37. The smallest absolute Gasteiger partial charge is 0.277 e. The molecule has 4 aromatic rings. The molecule has 0 fully saturated rings. The average molecular weight is 434 g/mol. The van der Waals surface area contributed by atoms with E-state index in [2.05, 4.69) is 14.8 Å². The third kappa shape index (κ3) is 4.88. The number of carbonyl (C=O) groups is 1. The summed E-state index contributed by atoms with van der Waals surface area (Å²) < 4.78 is 13.4. The van der Waals surface area contributed by atoms with Crippen molar-refractivity contribution in [3.05, 3.63) is 89.1 Å². The Morgan fingerprint density at radius 1 is 1.03 bits per heavy atom. The van der Waals surface area contributed by atoms with E-state index in [1.165, 1.54) is 11.8 Å². The SMILES string of the molecule is Cc1cccc(OCc2nnc(SCC(=O)c3cc(C)n(-c4ccccc4)c3C)o2)c1. The van der Waals surface area contributed by atoms with E-state index in [9.17, 15) is 4.79 Å². The Morgan fingerprint density at radius 3 is 2.61 bits per heavy atom. The fourth-order valence-electron chi connectivity index (χ4n) is 3.43. The molecule has 0 bridgehead atoms. The van der Waals surface area contributed by atoms with Crippen LogP contribution in [0.15, 0.2) is 70.3 Å². The number of aromatic nitrogens is 3. The van der Waals surface area contributed by atoms with Crippen LogP contribution >= 0.6 is 11.8 Å². The number of benzene rings is 2. The first-order valence-corrected chi connectivity index (χ1v) is 10.9. The molecule has 0 unspecified atom stereocenters. The van der Waals surface area contributed by atoms with Gasteiger partial charge in [-0.15, -0.1) is 10.2 Å². The van der Waals surface area contributed by atoms with Crippen LogP contribution in [0.3, 0.4) is 0 Å². The molecule has 0 N–H and O–H groups in total. The van der Waals surface area contributed by atoms with Gasteiger partial charge in [-0.2, -0.15) is 0 Å². The van der Waals surface area contributed by atoms with Gasteiger partial charge in [0.15, 0.2) is 12.4 Å². The normalized spacial score (nSPS) is 10.9. The highest BCUT2D eigenvalue weighted by Crippen LogP contribution is 2.24. The number of ketones is 1. The third-order valence-electron chi connectivity index (χ3n) is 4.87. The van der Waals surface area contributed by atoms with E-state index >= 15 is 0 Å². The Bertz CT molecular complexity index is 1200. The highest BCUT2D eigenvalue weighted by molar-refractivity contribution is 7.99. The molecule has 0 amide bonds. The van der Waals surface area contributed by atoms with Crippen LogP contribution in [0, 0.1) is 20.8 Å². The molecule has 0 aliphatic carbocycles. The fraction of sp³-hybridized carbons (Fsp3) is 0.208. The van der Waals surface area contributed by atoms with Crippen LogP contribution in [-0.4, -0.2) is 26.3 Å². The van der Waals surface area contributed by atoms with Gasteiger partial charge in [-0.05, 0) is 56.7 Å². The molecule has 2 aromatic carbocycles. The molecule has 0 saturated heterocycles. The Morgan fingerprint density at radius 2 is 1.84 bits per heavy atom. The minimum atomic E-state index is 0.0241. The molecule has 0 spiro atoms. The van der Waals surface area contributed by atoms with Crippen LogP contribution in [-0.2, 0) is 6.61 Å². The molecule has 7 heteroatoms. The van der Waals surface area contributed by atoms with Gasteiger partial charge < -0.3 is 13.7 Å². The zero-order chi connectivity index (χ0) is 21.8. The number of hydrogen-bond acceptors (Lipinski definition) is 6. The Labute approximate surface area is 185 Å². The first-order chi connectivity index (χ1) is 15.0. The van der Waals surface area contributed by atoms with Crippen LogP contribution in [0.1, 0.15) is 33.2 Å². The second-order valence-electron chi connectivity index (χ2n) is 7.23. The summed E-state index contributed by atoms with van der Waals surface area (Å²) in [6.07, 6.45) is 0. The highest BCUT2D eigenvalue weighted by atomic mass is 32.2. The molecule has 4 rings (SSSR count). The highest BCUT2D eigenvalue weighted by Gasteiger charge is 2.18. The van der Waals surface area contributed by atoms with Crippen LogP contribution in [0.4, 0.5) is 0 Å². The summed E-state index contributed by atoms with van der Waals surface area (Å²) in [6, 6.07) is 19.7. The molecule has 0 atom stereocenters. The number of nitrogens with zero attached hydrogens (tertiary/aromatic N) is 3. The minimum absolute atomic E-state index is 0.0241. The molecule has 0 radical (unpaired) electrons. The molecular formula is C24H23N3O3S. The van der Waals surface area contributed by atoms with E-state index in [1.807, 2.05) is 81.4 Å². The maximum Gasteiger partial charge on any atom is 0.277 e. The van der Waals surface area contributed by atoms with Crippen molar-refractivity contribution < 1.29 is 13.9 Å². The van der Waals surface area contributed by atoms with E-state index in [1.54, 1.807) is 0 Å². The topological polar surface area (TPSA) is 70.2 Å². The zero-order valence-corrected chi connectivity index (χ0v) is 18.5. The number of Topliss-reactive ketones (excluding diaryl/α,β-unsaturated/α-hetero) is 1. The van der Waals surface area contributed by atoms with E-state index in [-0.39, 0.29) is 18.1 Å². The van der Waals surface area contributed by atoms with Crippen molar-refractivity contribution in [1.29, 1.82) is 0 Å². The summed E-state index contributed by atoms with van der Waals surface area (Å²) in [6.45, 7) is 6.15. The first kappa shape index (κ1) is 20.9. The van der Waals surface area contributed by atoms with Gasteiger partial charge in [-0.3, -0.25) is 4.79 Å². The Hall–Kier alpha value is -3.32. The molecular weight excluding hydrogens is 410 g/mol. The monoisotopic (exact) mass is 433 g/mol. The predicted molar refractivity (Wildman–Crippen MR) is 120 cm³/mol. The standard InChI is InChI=1S/C24H23N3O3S/c1-16-8-7-11-20(12-16)29-14-23-25-26-24(30-23)31-15-22(28)21-13-17(2)27(18(21)3)19-9-5-4-6-10-19/h4-13H,14-15H2,1-3H3. The van der Waals surface area contributed by atoms with Crippen LogP contribution in [0.25, 0.3) is 5.69 Å². The molecule has 158 valence electrons. The molecule has 6 nitrogen and oxygen atoms in total. The van der Waals surface area contributed by atoms with Gasteiger partial charge in [-0.25, -0.2) is 0 Å². The lowest BCUT2D eigenvalue weighted by Gasteiger charge is -2.09. The van der Waals surface area contributed by atoms with Crippen molar-refractivity contribution in [3.63, 3.8) is 0 Å². The third-order valence-corrected chi connectivity index (χ3v) is 5.69. The number of thioether (sulfide) groups is 1. The Balaban J connectivity index is 1.37. The van der Waals surface area contributed by atoms with Crippen molar-refractivity contribution in [2.24, 2.45) is 0 Å². The summed E-state index contributed by atoms with van der Waals surface area (Å²) in [4.78, 5) is 12.8. The lowest BCUT2D eigenvalue weighted by molar-refractivity contribution is 0.102. The van der Waals surface area contributed by atoms with Crippen molar-refractivity contribution in [3.8, 4) is 11.4 Å². The summed E-state index contributed by atoms with van der Waals surface area (Å²) in [5.41, 5.74) is 4.80. The summed E-state index contributed by atoms with van der Waals surface area (Å²) >= 11 is 1.23. The fourth-order valence-corrected chi connectivity index (χ4v) is 4.09. The van der Waals surface area contributed by atoms with Gasteiger partial charge >= 0.3 is 0 Å². The van der Waals surface area contributed by atoms with Gasteiger partial charge in [0.1, 0.15) is 5.75 Å².